The lowest BCUT2D eigenvalue weighted by atomic mass is 9.94. The molecule has 0 spiro atoms. The van der Waals surface area contributed by atoms with E-state index in [-0.39, 0.29) is 11.3 Å². The van der Waals surface area contributed by atoms with Crippen LogP contribution in [0.15, 0.2) is 12.1 Å². The molecule has 1 heterocycles. The molecule has 0 radical (unpaired) electrons. The van der Waals surface area contributed by atoms with Crippen molar-refractivity contribution >= 4 is 5.69 Å². The molecule has 1 unspecified atom stereocenters. The van der Waals surface area contributed by atoms with Crippen LogP contribution >= 0.6 is 0 Å². The van der Waals surface area contributed by atoms with E-state index < -0.39 is 11.6 Å². The number of rotatable bonds is 3. The number of hydrogen-bond acceptors (Lipinski definition) is 3. The summed E-state index contributed by atoms with van der Waals surface area (Å²) in [6.07, 6.45) is 2.83. The van der Waals surface area contributed by atoms with Gasteiger partial charge in [0.15, 0.2) is 11.6 Å². The first kappa shape index (κ1) is 13.8. The first-order valence-corrected chi connectivity index (χ1v) is 6.50. The zero-order valence-corrected chi connectivity index (χ0v) is 10.7. The summed E-state index contributed by atoms with van der Waals surface area (Å²) in [4.78, 5) is 1.73. The van der Waals surface area contributed by atoms with Crippen LogP contribution < -0.4 is 10.6 Å². The van der Waals surface area contributed by atoms with Crippen molar-refractivity contribution < 1.29 is 8.78 Å². The Hall–Kier alpha value is -1.67. The fourth-order valence-corrected chi connectivity index (χ4v) is 2.67. The molecule has 5 heteroatoms. The van der Waals surface area contributed by atoms with Gasteiger partial charge in [0.25, 0.3) is 0 Å². The van der Waals surface area contributed by atoms with Crippen molar-refractivity contribution in [2.45, 2.75) is 19.3 Å². The number of anilines is 1. The van der Waals surface area contributed by atoms with Gasteiger partial charge in [-0.1, -0.05) is 0 Å². The molecule has 1 aliphatic rings. The molecule has 0 aromatic heterocycles. The zero-order valence-electron chi connectivity index (χ0n) is 10.7. The number of benzene rings is 1. The van der Waals surface area contributed by atoms with E-state index in [9.17, 15) is 8.78 Å². The van der Waals surface area contributed by atoms with Gasteiger partial charge in [0.05, 0.1) is 11.6 Å². The van der Waals surface area contributed by atoms with Gasteiger partial charge in [0.1, 0.15) is 5.69 Å². The van der Waals surface area contributed by atoms with Crippen LogP contribution in [0, 0.1) is 28.9 Å². The summed E-state index contributed by atoms with van der Waals surface area (Å²) in [5, 5.41) is 8.69. The van der Waals surface area contributed by atoms with Crippen molar-refractivity contribution in [1.29, 1.82) is 5.26 Å². The maximum Gasteiger partial charge on any atom is 0.150 e. The number of nitrogens with zero attached hydrogens (tertiary/aromatic N) is 2. The largest absolute Gasteiger partial charge is 0.367 e. The van der Waals surface area contributed by atoms with E-state index in [0.29, 0.717) is 25.6 Å². The Morgan fingerprint density at radius 1 is 1.37 bits per heavy atom. The van der Waals surface area contributed by atoms with Crippen LogP contribution in [0.5, 0.6) is 0 Å². The van der Waals surface area contributed by atoms with Crippen molar-refractivity contribution in [2.75, 3.05) is 24.5 Å². The molecule has 0 aliphatic carbocycles. The topological polar surface area (TPSA) is 53.0 Å². The van der Waals surface area contributed by atoms with Gasteiger partial charge < -0.3 is 10.6 Å². The molecule has 19 heavy (non-hydrogen) atoms. The quantitative estimate of drug-likeness (QED) is 0.913. The van der Waals surface area contributed by atoms with Gasteiger partial charge in [0.2, 0.25) is 0 Å². The number of nitriles is 1. The van der Waals surface area contributed by atoms with Crippen molar-refractivity contribution in [3.63, 3.8) is 0 Å². The van der Waals surface area contributed by atoms with Gasteiger partial charge in [-0.25, -0.2) is 8.78 Å². The van der Waals surface area contributed by atoms with Gasteiger partial charge in [0, 0.05) is 13.1 Å². The zero-order chi connectivity index (χ0) is 13.8. The molecule has 1 aromatic carbocycles. The summed E-state index contributed by atoms with van der Waals surface area (Å²) in [5.74, 6) is -0.942. The number of nitrogens with two attached hydrogens (primary N) is 1. The monoisotopic (exact) mass is 265 g/mol. The van der Waals surface area contributed by atoms with Gasteiger partial charge in [-0.05, 0) is 43.9 Å². The van der Waals surface area contributed by atoms with Crippen LogP contribution in [-0.2, 0) is 0 Å². The SMILES string of the molecule is N#Cc1cc(F)c(N2CCCC(CCN)C2)c(F)c1. The van der Waals surface area contributed by atoms with Crippen molar-refractivity contribution in [3.05, 3.63) is 29.3 Å². The Morgan fingerprint density at radius 3 is 2.63 bits per heavy atom. The highest BCUT2D eigenvalue weighted by atomic mass is 19.1. The minimum absolute atomic E-state index is 0.00858. The van der Waals surface area contributed by atoms with E-state index in [1.807, 2.05) is 0 Å². The lowest BCUT2D eigenvalue weighted by Gasteiger charge is -2.34. The molecular formula is C14H17F2N3. The van der Waals surface area contributed by atoms with Crippen LogP contribution in [-0.4, -0.2) is 19.6 Å². The fraction of sp³-hybridized carbons (Fsp3) is 0.500. The second-order valence-electron chi connectivity index (χ2n) is 4.93. The Bertz CT molecular complexity index is 471. The smallest absolute Gasteiger partial charge is 0.150 e. The van der Waals surface area contributed by atoms with E-state index >= 15 is 0 Å². The highest BCUT2D eigenvalue weighted by molar-refractivity contribution is 5.53. The first-order chi connectivity index (χ1) is 9.15. The van der Waals surface area contributed by atoms with Crippen molar-refractivity contribution in [1.82, 2.24) is 0 Å². The summed E-state index contributed by atoms with van der Waals surface area (Å²) in [5.41, 5.74) is 5.53. The summed E-state index contributed by atoms with van der Waals surface area (Å²) in [6, 6.07) is 3.93. The maximum absolute atomic E-state index is 13.9. The summed E-state index contributed by atoms with van der Waals surface area (Å²) >= 11 is 0. The van der Waals surface area contributed by atoms with Crippen molar-refractivity contribution in [3.8, 4) is 6.07 Å². The van der Waals surface area contributed by atoms with E-state index in [4.69, 9.17) is 11.0 Å². The number of piperidine rings is 1. The standard InChI is InChI=1S/C14H17F2N3/c15-12-6-11(8-18)7-13(16)14(12)19-5-1-2-10(9-19)3-4-17/h6-7,10H,1-5,9,17H2. The summed E-state index contributed by atoms with van der Waals surface area (Å²) < 4.78 is 27.9. The minimum Gasteiger partial charge on any atom is -0.367 e. The molecule has 2 rings (SSSR count). The average molecular weight is 265 g/mol. The molecule has 102 valence electrons. The average Bonchev–Trinajstić information content (AvgIpc) is 2.38. The second-order valence-corrected chi connectivity index (χ2v) is 4.93. The molecule has 1 saturated heterocycles. The van der Waals surface area contributed by atoms with E-state index in [0.717, 1.165) is 31.4 Å². The van der Waals surface area contributed by atoms with Crippen molar-refractivity contribution in [2.24, 2.45) is 11.7 Å². The molecule has 3 nitrogen and oxygen atoms in total. The lowest BCUT2D eigenvalue weighted by molar-refractivity contribution is 0.390. The van der Waals surface area contributed by atoms with Crippen LogP contribution in [0.1, 0.15) is 24.8 Å². The normalized spacial score (nSPS) is 19.3. The Labute approximate surface area is 111 Å². The third-order valence-electron chi connectivity index (χ3n) is 3.56. The molecule has 0 amide bonds. The third kappa shape index (κ3) is 3.02. The van der Waals surface area contributed by atoms with Crippen LogP contribution in [0.25, 0.3) is 0 Å². The number of hydrogen-bond donors (Lipinski definition) is 1. The molecule has 1 fully saturated rings. The molecule has 1 aliphatic heterocycles. The van der Waals surface area contributed by atoms with Gasteiger partial charge in [-0.2, -0.15) is 5.26 Å². The van der Waals surface area contributed by atoms with E-state index in [1.165, 1.54) is 0 Å². The van der Waals surface area contributed by atoms with Gasteiger partial charge in [-0.3, -0.25) is 0 Å². The Morgan fingerprint density at radius 2 is 2.05 bits per heavy atom. The van der Waals surface area contributed by atoms with Crippen LogP contribution in [0.2, 0.25) is 0 Å². The Kier molecular flexibility index (Phi) is 4.33. The predicted molar refractivity (Wildman–Crippen MR) is 69.7 cm³/mol. The maximum atomic E-state index is 13.9. The highest BCUT2D eigenvalue weighted by Gasteiger charge is 2.24. The Balaban J connectivity index is 2.24. The molecule has 2 N–H and O–H groups in total. The van der Waals surface area contributed by atoms with Crippen LogP contribution in [0.4, 0.5) is 14.5 Å². The lowest BCUT2D eigenvalue weighted by Crippen LogP contribution is -2.37. The first-order valence-electron chi connectivity index (χ1n) is 6.50. The molecular weight excluding hydrogens is 248 g/mol. The fourth-order valence-electron chi connectivity index (χ4n) is 2.67. The molecule has 0 bridgehead atoms. The van der Waals surface area contributed by atoms with Crippen LogP contribution in [0.3, 0.4) is 0 Å². The van der Waals surface area contributed by atoms with E-state index in [1.54, 1.807) is 11.0 Å². The highest BCUT2D eigenvalue weighted by Crippen LogP contribution is 2.30. The summed E-state index contributed by atoms with van der Waals surface area (Å²) in [7, 11) is 0. The molecule has 1 aromatic rings. The van der Waals surface area contributed by atoms with Gasteiger partial charge in [-0.15, -0.1) is 0 Å². The summed E-state index contributed by atoms with van der Waals surface area (Å²) in [6.45, 7) is 1.86. The second kappa shape index (κ2) is 5.98. The third-order valence-corrected chi connectivity index (χ3v) is 3.56. The number of halogens is 2. The van der Waals surface area contributed by atoms with Gasteiger partial charge >= 0.3 is 0 Å². The molecule has 1 atom stereocenters. The van der Waals surface area contributed by atoms with E-state index in [2.05, 4.69) is 0 Å². The minimum atomic E-state index is -0.662. The molecule has 0 saturated carbocycles. The predicted octanol–water partition coefficient (Wildman–Crippen LogP) is 2.40.